The zero-order valence-corrected chi connectivity index (χ0v) is 13.9. The van der Waals surface area contributed by atoms with Crippen LogP contribution in [0.4, 0.5) is 18.0 Å². The van der Waals surface area contributed by atoms with Gasteiger partial charge in [-0.2, -0.15) is 0 Å². The molecule has 0 spiro atoms. The van der Waals surface area contributed by atoms with Gasteiger partial charge in [-0.05, 0) is 19.5 Å². The Hall–Kier alpha value is -2.00. The number of hydrogen-bond donors (Lipinski definition) is 2. The lowest BCUT2D eigenvalue weighted by atomic mass is 10.1. The molecule has 140 valence electrons. The Bertz CT molecular complexity index is 583. The maximum absolute atomic E-state index is 12.4. The van der Waals surface area contributed by atoms with Crippen LogP contribution in [-0.2, 0) is 6.54 Å². The molecule has 1 atom stereocenters. The van der Waals surface area contributed by atoms with Gasteiger partial charge in [-0.3, -0.25) is 4.90 Å². The van der Waals surface area contributed by atoms with Crippen LogP contribution in [0.1, 0.15) is 12.0 Å². The number of rotatable bonds is 5. The number of piperazine rings is 1. The van der Waals surface area contributed by atoms with Crippen molar-refractivity contribution < 1.29 is 27.8 Å². The molecular formula is C16H22F3N3O3. The first-order valence-electron chi connectivity index (χ1n) is 7.97. The van der Waals surface area contributed by atoms with E-state index in [4.69, 9.17) is 5.11 Å². The maximum atomic E-state index is 12.4. The third-order valence-electron chi connectivity index (χ3n) is 4.16. The summed E-state index contributed by atoms with van der Waals surface area (Å²) in [6.07, 6.45) is -4.22. The van der Waals surface area contributed by atoms with E-state index in [0.717, 1.165) is 0 Å². The van der Waals surface area contributed by atoms with Gasteiger partial charge in [0.2, 0.25) is 0 Å². The monoisotopic (exact) mass is 361 g/mol. The van der Waals surface area contributed by atoms with E-state index in [1.54, 1.807) is 11.0 Å². The minimum absolute atomic E-state index is 0.0343. The Labute approximate surface area is 144 Å². The van der Waals surface area contributed by atoms with Crippen molar-refractivity contribution in [3.63, 3.8) is 0 Å². The molecule has 9 heteroatoms. The number of hydrogen-bond acceptors (Lipinski definition) is 4. The zero-order chi connectivity index (χ0) is 18.4. The van der Waals surface area contributed by atoms with Gasteiger partial charge in [0.25, 0.3) is 0 Å². The van der Waals surface area contributed by atoms with E-state index in [2.05, 4.69) is 15.0 Å². The normalized spacial score (nSPS) is 18.9. The molecular weight excluding hydrogens is 339 g/mol. The molecule has 1 aliphatic heterocycles. The van der Waals surface area contributed by atoms with Crippen LogP contribution in [-0.4, -0.2) is 66.6 Å². The molecule has 0 bridgehead atoms. The molecule has 1 aromatic carbocycles. The fourth-order valence-electron chi connectivity index (χ4n) is 2.75. The molecule has 2 rings (SSSR count). The van der Waals surface area contributed by atoms with E-state index >= 15 is 0 Å². The topological polar surface area (TPSA) is 65.0 Å². The van der Waals surface area contributed by atoms with E-state index in [0.29, 0.717) is 26.1 Å². The number of carbonyl (C=O) groups excluding carboxylic acids is 1. The van der Waals surface area contributed by atoms with Crippen molar-refractivity contribution in [1.82, 2.24) is 15.1 Å². The van der Waals surface area contributed by atoms with Gasteiger partial charge in [0, 0.05) is 44.4 Å². The number of aliphatic hydroxyl groups excluding tert-OH is 1. The van der Waals surface area contributed by atoms with Crippen LogP contribution in [0.3, 0.4) is 0 Å². The van der Waals surface area contributed by atoms with E-state index in [9.17, 15) is 18.0 Å². The predicted molar refractivity (Wildman–Crippen MR) is 85.1 cm³/mol. The highest BCUT2D eigenvalue weighted by atomic mass is 19.4. The fraction of sp³-hybridized carbons (Fsp3) is 0.562. The molecule has 1 heterocycles. The summed E-state index contributed by atoms with van der Waals surface area (Å²) in [6.45, 7) is 1.62. The molecule has 1 aliphatic rings. The number of aliphatic hydroxyl groups is 1. The van der Waals surface area contributed by atoms with Crippen molar-refractivity contribution in [2.75, 3.05) is 33.3 Å². The first-order valence-corrected chi connectivity index (χ1v) is 7.97. The highest BCUT2D eigenvalue weighted by molar-refractivity contribution is 5.74. The summed E-state index contributed by atoms with van der Waals surface area (Å²) >= 11 is 0. The van der Waals surface area contributed by atoms with E-state index < -0.39 is 6.36 Å². The minimum Gasteiger partial charge on any atom is -0.405 e. The summed E-state index contributed by atoms with van der Waals surface area (Å²) in [4.78, 5) is 16.0. The smallest absolute Gasteiger partial charge is 0.405 e. The Morgan fingerprint density at radius 2 is 2.08 bits per heavy atom. The van der Waals surface area contributed by atoms with Gasteiger partial charge in [0.1, 0.15) is 5.75 Å². The summed E-state index contributed by atoms with van der Waals surface area (Å²) in [5.41, 5.74) is 0.245. The van der Waals surface area contributed by atoms with Crippen molar-refractivity contribution in [3.05, 3.63) is 29.8 Å². The van der Waals surface area contributed by atoms with Crippen LogP contribution in [0.2, 0.25) is 0 Å². The van der Waals surface area contributed by atoms with Gasteiger partial charge in [0.05, 0.1) is 0 Å². The van der Waals surface area contributed by atoms with Crippen molar-refractivity contribution in [2.24, 2.45) is 0 Å². The van der Waals surface area contributed by atoms with Gasteiger partial charge in [-0.25, -0.2) is 4.79 Å². The molecule has 1 saturated heterocycles. The standard InChI is InChI=1S/C16H22F3N3O3/c1-21-7-8-22(11-13(21)6-9-23)15(24)20-10-12-4-2-3-5-14(12)25-16(17,18)19/h2-5,13,23H,6-11H2,1H3,(H,20,24)/t13-/m1/s1. The summed E-state index contributed by atoms with van der Waals surface area (Å²) in [5.74, 6) is -0.327. The second-order valence-electron chi connectivity index (χ2n) is 5.91. The second-order valence-corrected chi connectivity index (χ2v) is 5.91. The Morgan fingerprint density at radius 3 is 2.76 bits per heavy atom. The number of para-hydroxylation sites is 1. The highest BCUT2D eigenvalue weighted by Crippen LogP contribution is 2.26. The number of carbonyl (C=O) groups is 1. The van der Waals surface area contributed by atoms with Gasteiger partial charge in [0.15, 0.2) is 0 Å². The maximum Gasteiger partial charge on any atom is 0.573 e. The molecule has 6 nitrogen and oxygen atoms in total. The number of amides is 2. The van der Waals surface area contributed by atoms with Gasteiger partial charge in [-0.15, -0.1) is 13.2 Å². The minimum atomic E-state index is -4.78. The molecule has 1 fully saturated rings. The highest BCUT2D eigenvalue weighted by Gasteiger charge is 2.32. The lowest BCUT2D eigenvalue weighted by Crippen LogP contribution is -2.55. The van der Waals surface area contributed by atoms with Crippen LogP contribution in [0.5, 0.6) is 5.75 Å². The lowest BCUT2D eigenvalue weighted by Gasteiger charge is -2.39. The van der Waals surface area contributed by atoms with Crippen molar-refractivity contribution in [3.8, 4) is 5.75 Å². The van der Waals surface area contributed by atoms with Crippen molar-refractivity contribution >= 4 is 6.03 Å². The summed E-state index contributed by atoms with van der Waals surface area (Å²) in [6, 6.07) is 5.41. The van der Waals surface area contributed by atoms with Crippen LogP contribution < -0.4 is 10.1 Å². The van der Waals surface area contributed by atoms with Gasteiger partial charge in [-0.1, -0.05) is 18.2 Å². The molecule has 0 aromatic heterocycles. The summed E-state index contributed by atoms with van der Waals surface area (Å²) in [5, 5.41) is 11.7. The number of urea groups is 1. The van der Waals surface area contributed by atoms with E-state index in [1.807, 2.05) is 7.05 Å². The summed E-state index contributed by atoms with van der Waals surface area (Å²) < 4.78 is 41.2. The third kappa shape index (κ3) is 5.79. The van der Waals surface area contributed by atoms with Crippen molar-refractivity contribution in [2.45, 2.75) is 25.4 Å². The summed E-state index contributed by atoms with van der Waals surface area (Å²) in [7, 11) is 1.93. The first-order chi connectivity index (χ1) is 11.8. The molecule has 2 N–H and O–H groups in total. The average molecular weight is 361 g/mol. The SMILES string of the molecule is CN1CCN(C(=O)NCc2ccccc2OC(F)(F)F)C[C@H]1CCO. The number of nitrogens with one attached hydrogen (secondary N) is 1. The van der Waals surface area contributed by atoms with Crippen molar-refractivity contribution in [1.29, 1.82) is 0 Å². The zero-order valence-electron chi connectivity index (χ0n) is 13.9. The lowest BCUT2D eigenvalue weighted by molar-refractivity contribution is -0.274. The number of halogens is 3. The molecule has 0 aliphatic carbocycles. The van der Waals surface area contributed by atoms with Crippen LogP contribution in [0, 0.1) is 0 Å². The number of ether oxygens (including phenoxy) is 1. The van der Waals surface area contributed by atoms with Crippen LogP contribution in [0.25, 0.3) is 0 Å². The molecule has 2 amide bonds. The van der Waals surface area contributed by atoms with Crippen LogP contribution in [0.15, 0.2) is 24.3 Å². The Balaban J connectivity index is 1.94. The third-order valence-corrected chi connectivity index (χ3v) is 4.16. The fourth-order valence-corrected chi connectivity index (χ4v) is 2.75. The predicted octanol–water partition coefficient (Wildman–Crippen LogP) is 1.79. The van der Waals surface area contributed by atoms with E-state index in [-0.39, 0.29) is 36.5 Å². The first kappa shape index (κ1) is 19.3. The molecule has 25 heavy (non-hydrogen) atoms. The molecule has 1 aromatic rings. The second kappa shape index (κ2) is 8.39. The quantitative estimate of drug-likeness (QED) is 0.839. The molecule has 0 saturated carbocycles. The average Bonchev–Trinajstić information content (AvgIpc) is 2.54. The van der Waals surface area contributed by atoms with Crippen LogP contribution >= 0.6 is 0 Å². The number of likely N-dealkylation sites (N-methyl/N-ethyl adjacent to an activating group) is 1. The molecule has 0 radical (unpaired) electrons. The molecule has 0 unspecified atom stereocenters. The number of nitrogens with zero attached hydrogens (tertiary/aromatic N) is 2. The van der Waals surface area contributed by atoms with Gasteiger partial charge >= 0.3 is 12.4 Å². The largest absolute Gasteiger partial charge is 0.573 e. The Kier molecular flexibility index (Phi) is 6.49. The Morgan fingerprint density at radius 1 is 1.36 bits per heavy atom. The van der Waals surface area contributed by atoms with Gasteiger partial charge < -0.3 is 20.1 Å². The van der Waals surface area contributed by atoms with E-state index in [1.165, 1.54) is 18.2 Å². The number of alkyl halides is 3. The number of benzene rings is 1.